The van der Waals surface area contributed by atoms with E-state index >= 15 is 0 Å². The van der Waals surface area contributed by atoms with E-state index in [1.165, 1.54) is 35.2 Å². The summed E-state index contributed by atoms with van der Waals surface area (Å²) < 4.78 is 29.4. The summed E-state index contributed by atoms with van der Waals surface area (Å²) in [4.78, 5) is 29.8. The van der Waals surface area contributed by atoms with Crippen LogP contribution in [-0.2, 0) is 32.6 Å². The summed E-state index contributed by atoms with van der Waals surface area (Å²) in [5.74, 6) is -0.959. The van der Waals surface area contributed by atoms with Crippen molar-refractivity contribution in [2.75, 3.05) is 17.4 Å². The summed E-state index contributed by atoms with van der Waals surface area (Å²) >= 11 is 26.0. The third-order valence-corrected chi connectivity index (χ3v) is 10.4. The van der Waals surface area contributed by atoms with Gasteiger partial charge >= 0.3 is 0 Å². The second kappa shape index (κ2) is 16.2. The van der Waals surface area contributed by atoms with Crippen LogP contribution in [0.25, 0.3) is 0 Å². The number of hydrogen-bond acceptors (Lipinski definition) is 4. The lowest BCUT2D eigenvalue weighted by Crippen LogP contribution is -2.53. The van der Waals surface area contributed by atoms with Crippen LogP contribution in [0.2, 0.25) is 20.1 Å². The highest BCUT2D eigenvalue weighted by molar-refractivity contribution is 7.92. The molecular weight excluding hydrogens is 700 g/mol. The van der Waals surface area contributed by atoms with Crippen molar-refractivity contribution >= 4 is 73.9 Å². The predicted molar refractivity (Wildman–Crippen MR) is 191 cm³/mol. The van der Waals surface area contributed by atoms with Crippen molar-refractivity contribution in [3.05, 3.63) is 128 Å². The highest BCUT2D eigenvalue weighted by Gasteiger charge is 2.36. The van der Waals surface area contributed by atoms with E-state index in [4.69, 9.17) is 46.4 Å². The molecule has 0 aliphatic carbocycles. The maximum absolute atomic E-state index is 14.6. The Morgan fingerprint density at radius 2 is 1.45 bits per heavy atom. The molecule has 0 saturated carbocycles. The summed E-state index contributed by atoms with van der Waals surface area (Å²) in [6.07, 6.45) is 0.140. The number of amides is 2. The smallest absolute Gasteiger partial charge is 0.264 e. The maximum atomic E-state index is 14.6. The molecule has 7 nitrogen and oxygen atoms in total. The minimum Gasteiger partial charge on any atom is -0.354 e. The van der Waals surface area contributed by atoms with Crippen LogP contribution in [0.3, 0.4) is 0 Å². The van der Waals surface area contributed by atoms with E-state index in [0.29, 0.717) is 22.2 Å². The van der Waals surface area contributed by atoms with Gasteiger partial charge in [0.05, 0.1) is 15.6 Å². The molecule has 0 heterocycles. The Kier molecular flexibility index (Phi) is 12.6. The van der Waals surface area contributed by atoms with Gasteiger partial charge in [-0.3, -0.25) is 13.9 Å². The number of carbonyl (C=O) groups excluding carboxylic acids is 2. The number of rotatable bonds is 13. The van der Waals surface area contributed by atoms with E-state index in [2.05, 4.69) is 5.32 Å². The van der Waals surface area contributed by atoms with Crippen molar-refractivity contribution in [1.29, 1.82) is 0 Å². The van der Waals surface area contributed by atoms with E-state index in [9.17, 15) is 18.0 Å². The molecule has 0 aliphatic heterocycles. The van der Waals surface area contributed by atoms with Gasteiger partial charge in [0.15, 0.2) is 0 Å². The van der Waals surface area contributed by atoms with E-state index in [1.807, 2.05) is 51.1 Å². The molecule has 0 aliphatic rings. The second-order valence-electron chi connectivity index (χ2n) is 11.5. The minimum atomic E-state index is -4.36. The van der Waals surface area contributed by atoms with E-state index < -0.39 is 34.4 Å². The Morgan fingerprint density at radius 1 is 0.809 bits per heavy atom. The Bertz CT molecular complexity index is 1800. The predicted octanol–water partition coefficient (Wildman–Crippen LogP) is 8.22. The summed E-state index contributed by atoms with van der Waals surface area (Å²) in [5, 5.41) is 3.81. The van der Waals surface area contributed by atoms with Gasteiger partial charge < -0.3 is 10.2 Å². The summed E-state index contributed by atoms with van der Waals surface area (Å²) in [7, 11) is -4.36. The van der Waals surface area contributed by atoms with Crippen LogP contribution in [0.4, 0.5) is 5.69 Å². The van der Waals surface area contributed by atoms with Gasteiger partial charge in [0.2, 0.25) is 11.8 Å². The second-order valence-corrected chi connectivity index (χ2v) is 15.0. The number of carbonyl (C=O) groups is 2. The van der Waals surface area contributed by atoms with E-state index in [0.717, 1.165) is 15.4 Å². The zero-order valence-electron chi connectivity index (χ0n) is 26.1. The third kappa shape index (κ3) is 9.42. The average Bonchev–Trinajstić information content (AvgIpc) is 3.03. The van der Waals surface area contributed by atoms with Crippen LogP contribution in [-0.4, -0.2) is 44.3 Å². The Hall–Kier alpha value is -3.27. The largest absolute Gasteiger partial charge is 0.354 e. The highest BCUT2D eigenvalue weighted by Crippen LogP contribution is 2.34. The fraction of sp³-hybridized carbons (Fsp3) is 0.257. The summed E-state index contributed by atoms with van der Waals surface area (Å²) in [6.45, 7) is 5.24. The molecule has 0 aromatic heterocycles. The quantitative estimate of drug-likeness (QED) is 0.150. The van der Waals surface area contributed by atoms with Crippen molar-refractivity contribution in [1.82, 2.24) is 10.2 Å². The molecule has 1 unspecified atom stereocenters. The fourth-order valence-corrected chi connectivity index (χ4v) is 7.24. The number of nitrogens with one attached hydrogen (secondary N) is 1. The molecule has 47 heavy (non-hydrogen) atoms. The van der Waals surface area contributed by atoms with Crippen LogP contribution < -0.4 is 9.62 Å². The van der Waals surface area contributed by atoms with Crippen molar-refractivity contribution in [3.8, 4) is 0 Å². The molecule has 1 N–H and O–H groups in total. The van der Waals surface area contributed by atoms with Crippen LogP contribution in [0.5, 0.6) is 0 Å². The number of anilines is 1. The molecule has 0 saturated heterocycles. The number of aryl methyl sites for hydroxylation is 1. The lowest BCUT2D eigenvalue weighted by molar-refractivity contribution is -0.140. The molecule has 0 radical (unpaired) electrons. The summed E-state index contributed by atoms with van der Waals surface area (Å²) in [5.41, 5.74) is 2.06. The third-order valence-electron chi connectivity index (χ3n) is 7.41. The number of nitrogens with zero attached hydrogens (tertiary/aromatic N) is 2. The first-order chi connectivity index (χ1) is 22.3. The number of benzene rings is 4. The first-order valence-corrected chi connectivity index (χ1v) is 17.8. The van der Waals surface area contributed by atoms with Gasteiger partial charge in [0.1, 0.15) is 12.6 Å². The van der Waals surface area contributed by atoms with Crippen molar-refractivity contribution < 1.29 is 18.0 Å². The number of halogens is 4. The van der Waals surface area contributed by atoms with Crippen LogP contribution in [0.15, 0.2) is 95.9 Å². The molecule has 0 spiro atoms. The molecular formula is C35H35Cl4N3O4S. The molecule has 248 valence electrons. The van der Waals surface area contributed by atoms with Gasteiger partial charge in [0, 0.05) is 40.1 Å². The van der Waals surface area contributed by atoms with Gasteiger partial charge in [-0.2, -0.15) is 0 Å². The zero-order valence-corrected chi connectivity index (χ0v) is 29.9. The van der Waals surface area contributed by atoms with Crippen molar-refractivity contribution in [3.63, 3.8) is 0 Å². The van der Waals surface area contributed by atoms with Crippen LogP contribution in [0.1, 0.15) is 30.5 Å². The molecule has 2 amide bonds. The lowest BCUT2D eigenvalue weighted by Gasteiger charge is -2.34. The molecule has 0 bridgehead atoms. The van der Waals surface area contributed by atoms with Gasteiger partial charge in [-0.25, -0.2) is 8.42 Å². The fourth-order valence-electron chi connectivity index (χ4n) is 4.86. The van der Waals surface area contributed by atoms with Gasteiger partial charge in [0.25, 0.3) is 10.0 Å². The number of sulfonamides is 1. The topological polar surface area (TPSA) is 86.8 Å². The minimum absolute atomic E-state index is 0.00712. The van der Waals surface area contributed by atoms with E-state index in [-0.39, 0.29) is 39.5 Å². The molecule has 0 fully saturated rings. The van der Waals surface area contributed by atoms with Gasteiger partial charge in [-0.1, -0.05) is 114 Å². The first kappa shape index (κ1) is 36.6. The van der Waals surface area contributed by atoms with Gasteiger partial charge in [-0.05, 0) is 60.9 Å². The molecule has 4 aromatic carbocycles. The van der Waals surface area contributed by atoms with E-state index in [1.54, 1.807) is 30.3 Å². The van der Waals surface area contributed by atoms with Crippen molar-refractivity contribution in [2.24, 2.45) is 5.92 Å². The number of hydrogen-bond donors (Lipinski definition) is 1. The zero-order chi connectivity index (χ0) is 34.3. The molecule has 1 atom stereocenters. The molecule has 12 heteroatoms. The van der Waals surface area contributed by atoms with Crippen molar-refractivity contribution in [2.45, 2.75) is 44.7 Å². The summed E-state index contributed by atoms with van der Waals surface area (Å²) in [6, 6.07) is 23.7. The van der Waals surface area contributed by atoms with Crippen LogP contribution >= 0.6 is 46.4 Å². The van der Waals surface area contributed by atoms with Gasteiger partial charge in [-0.15, -0.1) is 0 Å². The molecule has 4 aromatic rings. The lowest BCUT2D eigenvalue weighted by atomic mass is 10.0. The standard InChI is InChI=1S/C35H35Cl4N3O4S/c1-23(2)20-40-35(44)33(18-25-8-5-4-6-9-25)41(21-28-29(37)10-7-11-30(28)38)34(43)22-42(32-19-26(36)14-17-31(32)39)47(45,46)27-15-12-24(3)13-16-27/h4-17,19,23,33H,18,20-22H2,1-3H3,(H,40,44). The highest BCUT2D eigenvalue weighted by atomic mass is 35.5. The normalized spacial score (nSPS) is 12.1. The Balaban J connectivity index is 1.86. The molecule has 4 rings (SSSR count). The van der Waals surface area contributed by atoms with Crippen LogP contribution in [0, 0.1) is 12.8 Å². The Morgan fingerprint density at radius 3 is 2.06 bits per heavy atom. The Labute approximate surface area is 296 Å². The average molecular weight is 736 g/mol. The first-order valence-electron chi connectivity index (χ1n) is 14.9. The maximum Gasteiger partial charge on any atom is 0.264 e. The monoisotopic (exact) mass is 733 g/mol. The SMILES string of the molecule is Cc1ccc(S(=O)(=O)N(CC(=O)N(Cc2c(Cl)cccc2Cl)C(Cc2ccccc2)C(=O)NCC(C)C)c2cc(Cl)ccc2Cl)cc1.